The number of benzene rings is 3. The molecule has 3 aromatic carbocycles. The van der Waals surface area contributed by atoms with Crippen LogP contribution in [0.4, 0.5) is 0 Å². The fraction of sp³-hybridized carbons (Fsp3) is 0.115. The maximum absolute atomic E-state index is 13.1. The number of carbonyl (C=O) groups excluding carboxylic acids is 2. The Morgan fingerprint density at radius 3 is 2.50 bits per heavy atom. The van der Waals surface area contributed by atoms with E-state index in [2.05, 4.69) is 15.9 Å². The van der Waals surface area contributed by atoms with E-state index in [1.807, 2.05) is 49.4 Å². The molecule has 160 valence electrons. The molecule has 0 aliphatic rings. The van der Waals surface area contributed by atoms with Gasteiger partial charge in [0.1, 0.15) is 5.75 Å². The number of esters is 1. The molecule has 5 nitrogen and oxygen atoms in total. The SMILES string of the molecule is COc1cccc(C(=O)COC(=O)c2cc(-c3ccccc3)nc3c(C)cc(Br)cc23)c1. The predicted octanol–water partition coefficient (Wildman–Crippen LogP) is 6.02. The third kappa shape index (κ3) is 4.55. The van der Waals surface area contributed by atoms with Crippen molar-refractivity contribution in [3.63, 3.8) is 0 Å². The molecule has 0 aliphatic carbocycles. The van der Waals surface area contributed by atoms with Crippen molar-refractivity contribution in [2.75, 3.05) is 13.7 Å². The number of ketones is 1. The second-order valence-electron chi connectivity index (χ2n) is 7.27. The number of nitrogens with zero attached hydrogens (tertiary/aromatic N) is 1. The summed E-state index contributed by atoms with van der Waals surface area (Å²) < 4.78 is 11.4. The average molecular weight is 490 g/mol. The van der Waals surface area contributed by atoms with Crippen LogP contribution < -0.4 is 4.74 Å². The lowest BCUT2D eigenvalue weighted by molar-refractivity contribution is 0.0476. The maximum atomic E-state index is 13.1. The molecule has 0 saturated carbocycles. The Balaban J connectivity index is 1.69. The lowest BCUT2D eigenvalue weighted by atomic mass is 10.0. The quantitative estimate of drug-likeness (QED) is 0.244. The first-order chi connectivity index (χ1) is 15.5. The molecule has 4 aromatic rings. The summed E-state index contributed by atoms with van der Waals surface area (Å²) in [7, 11) is 1.53. The van der Waals surface area contributed by atoms with Gasteiger partial charge < -0.3 is 9.47 Å². The van der Waals surface area contributed by atoms with Crippen LogP contribution in [0.25, 0.3) is 22.2 Å². The second kappa shape index (κ2) is 9.32. The number of hydrogen-bond donors (Lipinski definition) is 0. The molecule has 1 heterocycles. The second-order valence-corrected chi connectivity index (χ2v) is 8.19. The Bertz CT molecular complexity index is 1320. The zero-order chi connectivity index (χ0) is 22.7. The number of aromatic nitrogens is 1. The average Bonchev–Trinajstić information content (AvgIpc) is 2.82. The topological polar surface area (TPSA) is 65.5 Å². The van der Waals surface area contributed by atoms with Gasteiger partial charge in [0.15, 0.2) is 12.4 Å². The summed E-state index contributed by atoms with van der Waals surface area (Å²) >= 11 is 3.49. The van der Waals surface area contributed by atoms with Crippen molar-refractivity contribution in [1.82, 2.24) is 4.98 Å². The lowest BCUT2D eigenvalue weighted by Crippen LogP contribution is -2.15. The van der Waals surface area contributed by atoms with Crippen LogP contribution in [0.2, 0.25) is 0 Å². The van der Waals surface area contributed by atoms with Gasteiger partial charge in [-0.3, -0.25) is 4.79 Å². The Morgan fingerprint density at radius 1 is 0.969 bits per heavy atom. The number of rotatable bonds is 6. The molecule has 0 bridgehead atoms. The summed E-state index contributed by atoms with van der Waals surface area (Å²) in [5, 5.41) is 0.662. The van der Waals surface area contributed by atoms with Crippen LogP contribution in [-0.4, -0.2) is 30.5 Å². The molecular formula is C26H20BrNO4. The van der Waals surface area contributed by atoms with Crippen LogP contribution in [0, 0.1) is 6.92 Å². The third-order valence-electron chi connectivity index (χ3n) is 5.08. The molecule has 0 spiro atoms. The maximum Gasteiger partial charge on any atom is 0.339 e. The first-order valence-electron chi connectivity index (χ1n) is 9.97. The number of fused-ring (bicyclic) bond motifs is 1. The van der Waals surface area contributed by atoms with Crippen molar-refractivity contribution in [2.45, 2.75) is 6.92 Å². The van der Waals surface area contributed by atoms with Crippen molar-refractivity contribution in [2.24, 2.45) is 0 Å². The lowest BCUT2D eigenvalue weighted by Gasteiger charge is -2.12. The zero-order valence-electron chi connectivity index (χ0n) is 17.6. The number of aryl methyl sites for hydroxylation is 1. The van der Waals surface area contributed by atoms with Crippen molar-refractivity contribution in [1.29, 1.82) is 0 Å². The minimum atomic E-state index is -0.580. The molecule has 1 aromatic heterocycles. The van der Waals surface area contributed by atoms with E-state index in [1.54, 1.807) is 30.3 Å². The van der Waals surface area contributed by atoms with Gasteiger partial charge >= 0.3 is 5.97 Å². The van der Waals surface area contributed by atoms with Gasteiger partial charge in [0.05, 0.1) is 23.9 Å². The van der Waals surface area contributed by atoms with Crippen LogP contribution in [-0.2, 0) is 4.74 Å². The fourth-order valence-corrected chi connectivity index (χ4v) is 4.04. The molecule has 0 unspecified atom stereocenters. The van der Waals surface area contributed by atoms with Crippen LogP contribution in [0.3, 0.4) is 0 Å². The van der Waals surface area contributed by atoms with Crippen LogP contribution >= 0.6 is 15.9 Å². The van der Waals surface area contributed by atoms with Gasteiger partial charge in [0.2, 0.25) is 0 Å². The zero-order valence-corrected chi connectivity index (χ0v) is 19.2. The van der Waals surface area contributed by atoms with E-state index in [9.17, 15) is 9.59 Å². The standard InChI is InChI=1S/C26H20BrNO4/c1-16-11-19(27)13-21-22(14-23(28-25(16)21)17-7-4-3-5-8-17)26(30)32-15-24(29)18-9-6-10-20(12-18)31-2/h3-14H,15H2,1-2H3. The van der Waals surface area contributed by atoms with E-state index in [0.29, 0.717) is 33.5 Å². The molecule has 0 fully saturated rings. The smallest absolute Gasteiger partial charge is 0.339 e. The Labute approximate surface area is 194 Å². The number of halogens is 1. The number of carbonyl (C=O) groups is 2. The van der Waals surface area contributed by atoms with Gasteiger partial charge in [-0.2, -0.15) is 0 Å². The van der Waals surface area contributed by atoms with Crippen molar-refractivity contribution in [3.05, 3.63) is 94.0 Å². The van der Waals surface area contributed by atoms with E-state index in [1.165, 1.54) is 7.11 Å². The highest BCUT2D eigenvalue weighted by molar-refractivity contribution is 9.10. The Hall–Kier alpha value is -3.51. The van der Waals surface area contributed by atoms with Gasteiger partial charge in [-0.15, -0.1) is 0 Å². The van der Waals surface area contributed by atoms with Gasteiger partial charge in [-0.25, -0.2) is 9.78 Å². The first-order valence-corrected chi connectivity index (χ1v) is 10.8. The molecule has 0 amide bonds. The molecule has 4 rings (SSSR count). The van der Waals surface area contributed by atoms with E-state index in [4.69, 9.17) is 14.5 Å². The Morgan fingerprint density at radius 2 is 1.75 bits per heavy atom. The molecule has 0 atom stereocenters. The monoisotopic (exact) mass is 489 g/mol. The Kier molecular flexibility index (Phi) is 6.32. The first kappa shape index (κ1) is 21.7. The van der Waals surface area contributed by atoms with E-state index in [-0.39, 0.29) is 12.4 Å². The van der Waals surface area contributed by atoms with Gasteiger partial charge in [0.25, 0.3) is 0 Å². The molecule has 32 heavy (non-hydrogen) atoms. The van der Waals surface area contributed by atoms with Crippen molar-refractivity contribution < 1.29 is 19.1 Å². The third-order valence-corrected chi connectivity index (χ3v) is 5.54. The van der Waals surface area contributed by atoms with E-state index in [0.717, 1.165) is 15.6 Å². The molecule has 0 aliphatic heterocycles. The number of Topliss-reactive ketones (excluding diaryl/α,β-unsaturated/α-hetero) is 1. The van der Waals surface area contributed by atoms with Crippen LogP contribution in [0.1, 0.15) is 26.3 Å². The molecule has 0 saturated heterocycles. The van der Waals surface area contributed by atoms with Crippen molar-refractivity contribution >= 4 is 38.6 Å². The highest BCUT2D eigenvalue weighted by atomic mass is 79.9. The number of methoxy groups -OCH3 is 1. The summed E-state index contributed by atoms with van der Waals surface area (Å²) in [6.07, 6.45) is 0. The van der Waals surface area contributed by atoms with Crippen LogP contribution in [0.15, 0.2) is 77.3 Å². The predicted molar refractivity (Wildman–Crippen MR) is 127 cm³/mol. The minimum absolute atomic E-state index is 0.309. The van der Waals surface area contributed by atoms with E-state index < -0.39 is 5.97 Å². The fourth-order valence-electron chi connectivity index (χ4n) is 3.47. The highest BCUT2D eigenvalue weighted by Gasteiger charge is 2.19. The van der Waals surface area contributed by atoms with Crippen molar-refractivity contribution in [3.8, 4) is 17.0 Å². The number of ether oxygens (including phenoxy) is 2. The summed E-state index contributed by atoms with van der Waals surface area (Å²) in [4.78, 5) is 30.4. The van der Waals surface area contributed by atoms with E-state index >= 15 is 0 Å². The number of pyridine rings is 1. The molecule has 0 radical (unpaired) electrons. The van der Waals surface area contributed by atoms with Gasteiger partial charge in [-0.1, -0.05) is 58.4 Å². The van der Waals surface area contributed by atoms with Crippen LogP contribution in [0.5, 0.6) is 5.75 Å². The molecule has 6 heteroatoms. The summed E-state index contributed by atoms with van der Waals surface area (Å²) in [6, 6.07) is 21.9. The normalized spacial score (nSPS) is 10.7. The summed E-state index contributed by atoms with van der Waals surface area (Å²) in [5.74, 6) is -0.324. The summed E-state index contributed by atoms with van der Waals surface area (Å²) in [5.41, 5.74) is 3.96. The largest absolute Gasteiger partial charge is 0.497 e. The van der Waals surface area contributed by atoms with Gasteiger partial charge in [0, 0.05) is 21.0 Å². The molecule has 0 N–H and O–H groups in total. The summed E-state index contributed by atoms with van der Waals surface area (Å²) in [6.45, 7) is 1.57. The number of hydrogen-bond acceptors (Lipinski definition) is 5. The minimum Gasteiger partial charge on any atom is -0.497 e. The van der Waals surface area contributed by atoms with Gasteiger partial charge in [-0.05, 0) is 42.8 Å². The molecular weight excluding hydrogens is 470 g/mol. The highest BCUT2D eigenvalue weighted by Crippen LogP contribution is 2.30.